The van der Waals surface area contributed by atoms with E-state index in [1.165, 1.54) is 18.1 Å². The van der Waals surface area contributed by atoms with Gasteiger partial charge in [0.05, 0.1) is 29.4 Å². The lowest BCUT2D eigenvalue weighted by atomic mass is 10.0. The van der Waals surface area contributed by atoms with E-state index >= 15 is 4.39 Å². The molecule has 1 unspecified atom stereocenters. The number of nitrogens with zero attached hydrogens (tertiary/aromatic N) is 6. The smallest absolute Gasteiger partial charge is 0.252 e. The number of nitrogens with one attached hydrogen (secondary N) is 2. The molecule has 202 valence electrons. The molecule has 5 rings (SSSR count). The molecular weight excluding hydrogens is 497 g/mol. The van der Waals surface area contributed by atoms with Crippen LogP contribution in [0.4, 0.5) is 33.1 Å². The van der Waals surface area contributed by atoms with E-state index in [2.05, 4.69) is 49.6 Å². The van der Waals surface area contributed by atoms with E-state index in [-0.39, 0.29) is 12.1 Å². The van der Waals surface area contributed by atoms with Gasteiger partial charge >= 0.3 is 0 Å². The number of amides is 1. The van der Waals surface area contributed by atoms with Crippen molar-refractivity contribution in [2.75, 3.05) is 66.7 Å². The van der Waals surface area contributed by atoms with Gasteiger partial charge in [-0.25, -0.2) is 14.4 Å². The number of piperazine rings is 1. The zero-order valence-electron chi connectivity index (χ0n) is 21.8. The van der Waals surface area contributed by atoms with Crippen molar-refractivity contribution in [1.29, 1.82) is 5.26 Å². The van der Waals surface area contributed by atoms with Gasteiger partial charge in [-0.2, -0.15) is 5.26 Å². The normalized spacial score (nSPS) is 19.8. The molecule has 0 bridgehead atoms. The van der Waals surface area contributed by atoms with Crippen molar-refractivity contribution >= 4 is 34.6 Å². The lowest BCUT2D eigenvalue weighted by Crippen LogP contribution is -2.48. The Bertz CT molecular complexity index is 1330. The highest BCUT2D eigenvalue weighted by atomic mass is 19.1. The van der Waals surface area contributed by atoms with Gasteiger partial charge in [0.1, 0.15) is 23.9 Å². The fourth-order valence-corrected chi connectivity index (χ4v) is 4.92. The van der Waals surface area contributed by atoms with Crippen LogP contribution in [0, 0.1) is 11.3 Å². The van der Waals surface area contributed by atoms with Crippen LogP contribution in [0.2, 0.25) is 0 Å². The second-order valence-electron chi connectivity index (χ2n) is 9.96. The molecule has 0 saturated carbocycles. The minimum atomic E-state index is -1.22. The summed E-state index contributed by atoms with van der Waals surface area (Å²) in [5, 5.41) is 15.4. The van der Waals surface area contributed by atoms with Crippen LogP contribution in [-0.2, 0) is 0 Å². The number of anilines is 5. The predicted octanol–water partition coefficient (Wildman–Crippen LogP) is 2.97. The van der Waals surface area contributed by atoms with Crippen LogP contribution in [0.15, 0.2) is 54.9 Å². The number of halogens is 1. The first kappa shape index (κ1) is 26.2. The van der Waals surface area contributed by atoms with Crippen LogP contribution >= 0.6 is 0 Å². The van der Waals surface area contributed by atoms with E-state index in [9.17, 15) is 4.79 Å². The average Bonchev–Trinajstić information content (AvgIpc) is 2.95. The highest BCUT2D eigenvalue weighted by Crippen LogP contribution is 2.28. The number of aromatic nitrogens is 2. The summed E-state index contributed by atoms with van der Waals surface area (Å²) < 4.78 is 15.3. The van der Waals surface area contributed by atoms with Gasteiger partial charge in [-0.05, 0) is 49.9 Å². The highest BCUT2D eigenvalue weighted by molar-refractivity contribution is 5.98. The molecule has 4 N–H and O–H groups in total. The number of hydrogen-bond donors (Lipinski definition) is 3. The van der Waals surface area contributed by atoms with Crippen LogP contribution < -0.4 is 26.2 Å². The molecule has 11 heteroatoms. The van der Waals surface area contributed by atoms with E-state index in [1.54, 1.807) is 18.2 Å². The van der Waals surface area contributed by atoms with Gasteiger partial charge in [0.15, 0.2) is 0 Å². The van der Waals surface area contributed by atoms with Crippen LogP contribution in [0.25, 0.3) is 0 Å². The molecule has 10 nitrogen and oxygen atoms in total. The molecule has 2 aromatic heterocycles. The van der Waals surface area contributed by atoms with E-state index in [0.717, 1.165) is 31.9 Å². The minimum Gasteiger partial charge on any atom is -0.378 e. The maximum atomic E-state index is 15.3. The lowest BCUT2D eigenvalue weighted by molar-refractivity contribution is 0.100. The molecule has 2 aliphatic heterocycles. The lowest BCUT2D eigenvalue weighted by Gasteiger charge is -2.36. The van der Waals surface area contributed by atoms with Crippen LogP contribution in [0.1, 0.15) is 22.3 Å². The number of nitriles is 1. The Kier molecular flexibility index (Phi) is 7.74. The standard InChI is InChI=1S/C28H32FN9O/c1-36-10-12-37(13-11-36)21-5-3-20(4-6-21)34-26-14-25(22(17-32-26)28(31)39)35-24-8-9-38(18-23(24)29)27-7-2-19(15-30)16-33-27/h2-7,14,16-17,23-24H,8-13,18H2,1H3,(H2,31,39)(H2,32,34,35)/t23?,24-/m1/s1. The van der Waals surface area contributed by atoms with E-state index in [0.29, 0.717) is 35.9 Å². The molecule has 0 spiro atoms. The van der Waals surface area contributed by atoms with Crippen molar-refractivity contribution in [2.45, 2.75) is 18.6 Å². The van der Waals surface area contributed by atoms with Gasteiger partial charge in [-0.1, -0.05) is 0 Å². The number of hydrogen-bond acceptors (Lipinski definition) is 9. The number of rotatable bonds is 7. The number of likely N-dealkylation sites (N-methyl/N-ethyl adjacent to an activating group) is 1. The second kappa shape index (κ2) is 11.5. The molecule has 2 fully saturated rings. The second-order valence-corrected chi connectivity index (χ2v) is 9.96. The molecule has 2 aliphatic rings. The van der Waals surface area contributed by atoms with Crippen LogP contribution in [0.5, 0.6) is 0 Å². The van der Waals surface area contributed by atoms with Crippen molar-refractivity contribution in [1.82, 2.24) is 14.9 Å². The zero-order valence-corrected chi connectivity index (χ0v) is 21.8. The molecule has 3 aromatic rings. The largest absolute Gasteiger partial charge is 0.378 e. The number of pyridine rings is 2. The van der Waals surface area contributed by atoms with Crippen molar-refractivity contribution in [2.24, 2.45) is 5.73 Å². The minimum absolute atomic E-state index is 0.137. The number of alkyl halides is 1. The third-order valence-corrected chi connectivity index (χ3v) is 7.26. The molecule has 2 atom stereocenters. The van der Waals surface area contributed by atoms with Gasteiger partial charge < -0.3 is 31.1 Å². The first-order valence-electron chi connectivity index (χ1n) is 13.0. The average molecular weight is 530 g/mol. The maximum Gasteiger partial charge on any atom is 0.252 e. The zero-order chi connectivity index (χ0) is 27.4. The summed E-state index contributed by atoms with van der Waals surface area (Å²) in [6.07, 6.45) is 2.16. The maximum absolute atomic E-state index is 15.3. The third-order valence-electron chi connectivity index (χ3n) is 7.26. The summed E-state index contributed by atoms with van der Waals surface area (Å²) >= 11 is 0. The Balaban J connectivity index is 1.25. The summed E-state index contributed by atoms with van der Waals surface area (Å²) in [5.41, 5.74) is 8.71. The van der Waals surface area contributed by atoms with Crippen molar-refractivity contribution < 1.29 is 9.18 Å². The molecule has 0 aliphatic carbocycles. The molecule has 0 radical (unpaired) electrons. The van der Waals surface area contributed by atoms with Gasteiger partial charge in [0.2, 0.25) is 0 Å². The Morgan fingerprint density at radius 2 is 1.82 bits per heavy atom. The quantitative estimate of drug-likeness (QED) is 0.423. The van der Waals surface area contributed by atoms with E-state index in [1.807, 2.05) is 23.1 Å². The first-order chi connectivity index (χ1) is 18.9. The monoisotopic (exact) mass is 529 g/mol. The van der Waals surface area contributed by atoms with Gasteiger partial charge in [-0.3, -0.25) is 4.79 Å². The number of carbonyl (C=O) groups excluding carboxylic acids is 1. The number of carbonyl (C=O) groups is 1. The molecule has 4 heterocycles. The number of piperidine rings is 1. The first-order valence-corrected chi connectivity index (χ1v) is 13.0. The predicted molar refractivity (Wildman–Crippen MR) is 150 cm³/mol. The van der Waals surface area contributed by atoms with E-state index < -0.39 is 18.1 Å². The van der Waals surface area contributed by atoms with Crippen LogP contribution in [0.3, 0.4) is 0 Å². The van der Waals surface area contributed by atoms with Gasteiger partial charge in [0, 0.05) is 62.6 Å². The van der Waals surface area contributed by atoms with Gasteiger partial charge in [-0.15, -0.1) is 0 Å². The Hall–Kier alpha value is -4.43. The van der Waals surface area contributed by atoms with Crippen molar-refractivity contribution in [3.8, 4) is 6.07 Å². The fourth-order valence-electron chi connectivity index (χ4n) is 4.92. The molecule has 39 heavy (non-hydrogen) atoms. The Morgan fingerprint density at radius 1 is 1.05 bits per heavy atom. The van der Waals surface area contributed by atoms with Crippen molar-refractivity contribution in [3.63, 3.8) is 0 Å². The molecule has 2 saturated heterocycles. The SMILES string of the molecule is CN1CCN(c2ccc(Nc3cc(N[C@@H]4CCN(c5ccc(C#N)cn5)CC4F)c(C(N)=O)cn3)cc2)CC1. The third kappa shape index (κ3) is 6.18. The molecular formula is C28H32FN9O. The summed E-state index contributed by atoms with van der Waals surface area (Å²) in [6.45, 7) is 4.77. The molecule has 1 amide bonds. The molecule has 1 aromatic carbocycles. The number of nitrogens with two attached hydrogens (primary N) is 1. The van der Waals surface area contributed by atoms with Gasteiger partial charge in [0.25, 0.3) is 5.91 Å². The summed E-state index contributed by atoms with van der Waals surface area (Å²) in [5.74, 6) is 0.508. The highest BCUT2D eigenvalue weighted by Gasteiger charge is 2.30. The Morgan fingerprint density at radius 3 is 2.46 bits per heavy atom. The summed E-state index contributed by atoms with van der Waals surface area (Å²) in [6, 6.07) is 14.7. The van der Waals surface area contributed by atoms with E-state index in [4.69, 9.17) is 11.0 Å². The topological polar surface area (TPSA) is 126 Å². The fraction of sp³-hybridized carbons (Fsp3) is 0.357. The summed E-state index contributed by atoms with van der Waals surface area (Å²) in [7, 11) is 2.13. The number of primary amides is 1. The van der Waals surface area contributed by atoms with Crippen LogP contribution in [-0.4, -0.2) is 79.3 Å². The Labute approximate surface area is 227 Å². The summed E-state index contributed by atoms with van der Waals surface area (Å²) in [4.78, 5) is 27.3. The number of benzene rings is 1. The van der Waals surface area contributed by atoms with Crippen molar-refractivity contribution in [3.05, 3.63) is 66.0 Å².